The summed E-state index contributed by atoms with van der Waals surface area (Å²) in [6, 6.07) is 11.1. The highest BCUT2D eigenvalue weighted by molar-refractivity contribution is 6.01. The lowest BCUT2D eigenvalue weighted by Crippen LogP contribution is -2.20. The van der Waals surface area contributed by atoms with Gasteiger partial charge < -0.3 is 10.6 Å². The first-order chi connectivity index (χ1) is 10.5. The average molecular weight is 302 g/mol. The fourth-order valence-electron chi connectivity index (χ4n) is 1.78. The molecule has 2 rings (SSSR count). The van der Waals surface area contributed by atoms with Crippen LogP contribution >= 0.6 is 0 Å². The zero-order valence-corrected chi connectivity index (χ0v) is 11.1. The Balaban J connectivity index is 2.26. The van der Waals surface area contributed by atoms with Gasteiger partial charge in [-0.1, -0.05) is 24.3 Å². The van der Waals surface area contributed by atoms with E-state index in [1.807, 2.05) is 0 Å². The standard InChI is InChI=1S/C13H10N4O5/c18-13(14-9-5-2-1-3-6-9)15-10-7-4-8-11(16(19)20)12(10)17(21)22/h1-8H,(H2,14,15,18). The molecule has 2 aromatic rings. The lowest BCUT2D eigenvalue weighted by Gasteiger charge is -2.07. The SMILES string of the molecule is O=C(Nc1ccccc1)Nc1cccc([N+](=O)[O-])c1[N+](=O)[O-]. The van der Waals surface area contributed by atoms with Crippen LogP contribution in [0.2, 0.25) is 0 Å². The smallest absolute Gasteiger partial charge is 0.308 e. The van der Waals surface area contributed by atoms with Crippen LogP contribution in [-0.2, 0) is 0 Å². The van der Waals surface area contributed by atoms with E-state index in [4.69, 9.17) is 0 Å². The van der Waals surface area contributed by atoms with E-state index in [0.717, 1.165) is 6.07 Å². The summed E-state index contributed by atoms with van der Waals surface area (Å²) in [5.41, 5.74) is -1.24. The van der Waals surface area contributed by atoms with Gasteiger partial charge in [0.2, 0.25) is 0 Å². The van der Waals surface area contributed by atoms with Crippen molar-refractivity contribution in [2.24, 2.45) is 0 Å². The van der Waals surface area contributed by atoms with Crippen LogP contribution in [0, 0.1) is 20.2 Å². The third-order valence-corrected chi connectivity index (χ3v) is 2.67. The number of urea groups is 1. The summed E-state index contributed by atoms with van der Waals surface area (Å²) >= 11 is 0. The molecule has 0 heterocycles. The molecule has 2 N–H and O–H groups in total. The highest BCUT2D eigenvalue weighted by Crippen LogP contribution is 2.34. The molecule has 0 spiro atoms. The zero-order chi connectivity index (χ0) is 16.1. The van der Waals surface area contributed by atoms with Gasteiger partial charge in [-0.15, -0.1) is 0 Å². The van der Waals surface area contributed by atoms with Gasteiger partial charge in [0.1, 0.15) is 5.69 Å². The van der Waals surface area contributed by atoms with Gasteiger partial charge in [-0.2, -0.15) is 0 Å². The van der Waals surface area contributed by atoms with E-state index in [9.17, 15) is 25.0 Å². The summed E-state index contributed by atoms with van der Waals surface area (Å²) in [6.07, 6.45) is 0. The number of nitro groups is 2. The molecule has 0 saturated carbocycles. The lowest BCUT2D eigenvalue weighted by atomic mass is 10.2. The number of anilines is 2. The highest BCUT2D eigenvalue weighted by Gasteiger charge is 2.28. The number of hydrogen-bond donors (Lipinski definition) is 2. The predicted molar refractivity (Wildman–Crippen MR) is 78.8 cm³/mol. The Kier molecular flexibility index (Phi) is 4.27. The summed E-state index contributed by atoms with van der Waals surface area (Å²) in [4.78, 5) is 31.9. The number of nitrogens with zero attached hydrogens (tertiary/aromatic N) is 2. The Bertz CT molecular complexity index is 732. The van der Waals surface area contributed by atoms with Crippen LogP contribution in [0.4, 0.5) is 27.5 Å². The molecule has 0 unspecified atom stereocenters. The maximum atomic E-state index is 11.8. The summed E-state index contributed by atoms with van der Waals surface area (Å²) in [7, 11) is 0. The lowest BCUT2D eigenvalue weighted by molar-refractivity contribution is -0.421. The topological polar surface area (TPSA) is 127 Å². The molecule has 9 nitrogen and oxygen atoms in total. The van der Waals surface area contributed by atoms with E-state index in [1.54, 1.807) is 30.3 Å². The maximum Gasteiger partial charge on any atom is 0.369 e. The van der Waals surface area contributed by atoms with E-state index in [0.29, 0.717) is 5.69 Å². The molecule has 0 aliphatic rings. The van der Waals surface area contributed by atoms with Crippen LogP contribution in [0.5, 0.6) is 0 Å². The van der Waals surface area contributed by atoms with Crippen molar-refractivity contribution in [2.75, 3.05) is 10.6 Å². The van der Waals surface area contributed by atoms with Gasteiger partial charge in [0.25, 0.3) is 0 Å². The minimum atomic E-state index is -0.906. The van der Waals surface area contributed by atoms with E-state index < -0.39 is 27.3 Å². The number of para-hydroxylation sites is 2. The van der Waals surface area contributed by atoms with Crippen LogP contribution in [0.25, 0.3) is 0 Å². The number of rotatable bonds is 4. The normalized spacial score (nSPS) is 9.82. The molecule has 0 atom stereocenters. The van der Waals surface area contributed by atoms with Crippen LogP contribution in [0.1, 0.15) is 0 Å². The van der Waals surface area contributed by atoms with Crippen molar-refractivity contribution in [1.29, 1.82) is 0 Å². The molecule has 112 valence electrons. The number of benzene rings is 2. The van der Waals surface area contributed by atoms with Gasteiger partial charge in [-0.25, -0.2) is 4.79 Å². The van der Waals surface area contributed by atoms with Gasteiger partial charge in [0.05, 0.1) is 9.85 Å². The van der Waals surface area contributed by atoms with Crippen molar-refractivity contribution in [2.45, 2.75) is 0 Å². The van der Waals surface area contributed by atoms with E-state index >= 15 is 0 Å². The first-order valence-corrected chi connectivity index (χ1v) is 6.04. The molecule has 2 aromatic carbocycles. The second kappa shape index (κ2) is 6.31. The fraction of sp³-hybridized carbons (Fsp3) is 0. The number of carbonyl (C=O) groups is 1. The van der Waals surface area contributed by atoms with Gasteiger partial charge >= 0.3 is 17.4 Å². The molecule has 0 aromatic heterocycles. The number of hydrogen-bond acceptors (Lipinski definition) is 5. The second-order valence-corrected chi connectivity index (χ2v) is 4.13. The molecule has 0 aliphatic heterocycles. The first kappa shape index (κ1) is 14.9. The fourth-order valence-corrected chi connectivity index (χ4v) is 1.78. The highest BCUT2D eigenvalue weighted by atomic mass is 16.6. The van der Waals surface area contributed by atoms with Crippen molar-refractivity contribution in [3.05, 3.63) is 68.8 Å². The van der Waals surface area contributed by atoms with Crippen LogP contribution in [-0.4, -0.2) is 15.9 Å². The van der Waals surface area contributed by atoms with Gasteiger partial charge in [0, 0.05) is 11.8 Å². The Morgan fingerprint density at radius 1 is 0.864 bits per heavy atom. The predicted octanol–water partition coefficient (Wildman–Crippen LogP) is 3.15. The van der Waals surface area contributed by atoms with Gasteiger partial charge in [0.15, 0.2) is 0 Å². The number of nitro benzene ring substituents is 2. The Morgan fingerprint density at radius 2 is 1.55 bits per heavy atom. The Labute approximate surface area is 123 Å². The zero-order valence-electron chi connectivity index (χ0n) is 11.1. The van der Waals surface area contributed by atoms with Crippen molar-refractivity contribution in [3.63, 3.8) is 0 Å². The Morgan fingerprint density at radius 3 is 2.14 bits per heavy atom. The molecule has 22 heavy (non-hydrogen) atoms. The number of amides is 2. The largest absolute Gasteiger partial charge is 0.369 e. The molecule has 0 aliphatic carbocycles. The Hall–Kier alpha value is -3.49. The third-order valence-electron chi connectivity index (χ3n) is 2.67. The molecule has 0 radical (unpaired) electrons. The minimum Gasteiger partial charge on any atom is -0.308 e. The molecular weight excluding hydrogens is 292 g/mol. The summed E-state index contributed by atoms with van der Waals surface area (Å²) in [6.45, 7) is 0. The van der Waals surface area contributed by atoms with Crippen molar-refractivity contribution in [3.8, 4) is 0 Å². The van der Waals surface area contributed by atoms with E-state index in [2.05, 4.69) is 10.6 Å². The van der Waals surface area contributed by atoms with E-state index in [-0.39, 0.29) is 5.69 Å². The van der Waals surface area contributed by atoms with Gasteiger partial charge in [-0.3, -0.25) is 20.2 Å². The number of carbonyl (C=O) groups excluding carboxylic acids is 1. The summed E-state index contributed by atoms with van der Waals surface area (Å²) < 4.78 is 0. The molecule has 9 heteroatoms. The minimum absolute atomic E-state index is 0.257. The van der Waals surface area contributed by atoms with E-state index in [1.165, 1.54) is 12.1 Å². The third kappa shape index (κ3) is 3.33. The summed E-state index contributed by atoms with van der Waals surface area (Å²) in [5, 5.41) is 26.5. The van der Waals surface area contributed by atoms with Crippen LogP contribution in [0.15, 0.2) is 48.5 Å². The number of nitrogens with one attached hydrogen (secondary N) is 2. The van der Waals surface area contributed by atoms with Crippen LogP contribution in [0.3, 0.4) is 0 Å². The van der Waals surface area contributed by atoms with Crippen molar-refractivity contribution in [1.82, 2.24) is 0 Å². The van der Waals surface area contributed by atoms with Gasteiger partial charge in [-0.05, 0) is 18.2 Å². The average Bonchev–Trinajstić information content (AvgIpc) is 2.47. The molecular formula is C13H10N4O5. The molecule has 2 amide bonds. The monoisotopic (exact) mass is 302 g/mol. The summed E-state index contributed by atoms with van der Waals surface area (Å²) in [5.74, 6) is 0. The molecule has 0 saturated heterocycles. The van der Waals surface area contributed by atoms with Crippen molar-refractivity contribution < 1.29 is 14.6 Å². The molecule has 0 bridgehead atoms. The molecule has 0 fully saturated rings. The van der Waals surface area contributed by atoms with Crippen LogP contribution < -0.4 is 10.6 Å². The maximum absolute atomic E-state index is 11.8. The quantitative estimate of drug-likeness (QED) is 0.662. The first-order valence-electron chi connectivity index (χ1n) is 6.04. The van der Waals surface area contributed by atoms with Crippen molar-refractivity contribution >= 4 is 28.8 Å². The second-order valence-electron chi connectivity index (χ2n) is 4.13.